The molecular formula is C10H15FN2. The summed E-state index contributed by atoms with van der Waals surface area (Å²) >= 11 is 0. The zero-order chi connectivity index (χ0) is 9.90. The molecule has 0 unspecified atom stereocenters. The van der Waals surface area contributed by atoms with Crippen molar-refractivity contribution in [2.24, 2.45) is 0 Å². The molecule has 1 heterocycles. The third kappa shape index (κ3) is 3.99. The highest BCUT2D eigenvalue weighted by molar-refractivity contribution is 5.05. The van der Waals surface area contributed by atoms with Crippen LogP contribution in [-0.2, 0) is 6.54 Å². The molecule has 0 fully saturated rings. The Morgan fingerprint density at radius 3 is 2.54 bits per heavy atom. The van der Waals surface area contributed by atoms with Crippen LogP contribution in [0.3, 0.4) is 0 Å². The maximum atomic E-state index is 12.5. The van der Waals surface area contributed by atoms with Crippen molar-refractivity contribution in [2.45, 2.75) is 32.9 Å². The molecule has 0 spiro atoms. The van der Waals surface area contributed by atoms with E-state index in [4.69, 9.17) is 0 Å². The second kappa shape index (κ2) is 3.83. The number of hydrogen-bond donors (Lipinski definition) is 1. The summed E-state index contributed by atoms with van der Waals surface area (Å²) < 4.78 is 12.5. The molecule has 0 aliphatic carbocycles. The first-order valence-corrected chi connectivity index (χ1v) is 4.33. The molecule has 0 radical (unpaired) electrons. The van der Waals surface area contributed by atoms with Gasteiger partial charge >= 0.3 is 0 Å². The Labute approximate surface area is 78.2 Å². The van der Waals surface area contributed by atoms with E-state index < -0.39 is 0 Å². The lowest BCUT2D eigenvalue weighted by atomic mass is 10.1. The highest BCUT2D eigenvalue weighted by Gasteiger charge is 2.08. The minimum Gasteiger partial charge on any atom is -0.306 e. The van der Waals surface area contributed by atoms with Crippen molar-refractivity contribution in [1.82, 2.24) is 10.3 Å². The van der Waals surface area contributed by atoms with Crippen LogP contribution in [0, 0.1) is 5.82 Å². The van der Waals surface area contributed by atoms with Crippen LogP contribution in [0.2, 0.25) is 0 Å². The first kappa shape index (κ1) is 10.1. The molecule has 72 valence electrons. The number of nitrogens with one attached hydrogen (secondary N) is 1. The quantitative estimate of drug-likeness (QED) is 0.757. The zero-order valence-corrected chi connectivity index (χ0v) is 8.26. The zero-order valence-electron chi connectivity index (χ0n) is 8.26. The van der Waals surface area contributed by atoms with Gasteiger partial charge in [0.1, 0.15) is 5.82 Å². The second-order valence-corrected chi connectivity index (χ2v) is 4.07. The van der Waals surface area contributed by atoms with E-state index in [-0.39, 0.29) is 11.4 Å². The molecule has 2 nitrogen and oxygen atoms in total. The molecule has 0 aliphatic rings. The number of pyridine rings is 1. The fraction of sp³-hybridized carbons (Fsp3) is 0.500. The Balaban J connectivity index is 2.51. The molecule has 0 aliphatic heterocycles. The van der Waals surface area contributed by atoms with Gasteiger partial charge in [-0.2, -0.15) is 0 Å². The molecule has 13 heavy (non-hydrogen) atoms. The van der Waals surface area contributed by atoms with Gasteiger partial charge in [-0.25, -0.2) is 4.39 Å². The third-order valence-corrected chi connectivity index (χ3v) is 1.59. The van der Waals surface area contributed by atoms with Crippen molar-refractivity contribution in [2.75, 3.05) is 0 Å². The Kier molecular flexibility index (Phi) is 2.98. The molecule has 0 atom stereocenters. The van der Waals surface area contributed by atoms with Crippen molar-refractivity contribution in [3.05, 3.63) is 29.8 Å². The van der Waals surface area contributed by atoms with Gasteiger partial charge in [0.05, 0.1) is 11.9 Å². The molecule has 0 aromatic carbocycles. The van der Waals surface area contributed by atoms with Crippen LogP contribution in [0.1, 0.15) is 26.5 Å². The molecule has 0 saturated heterocycles. The number of rotatable bonds is 2. The van der Waals surface area contributed by atoms with E-state index in [1.165, 1.54) is 12.3 Å². The van der Waals surface area contributed by atoms with Crippen LogP contribution in [-0.4, -0.2) is 10.5 Å². The van der Waals surface area contributed by atoms with Crippen molar-refractivity contribution in [3.63, 3.8) is 0 Å². The number of hydrogen-bond acceptors (Lipinski definition) is 2. The summed E-state index contributed by atoms with van der Waals surface area (Å²) in [6, 6.07) is 3.11. The largest absolute Gasteiger partial charge is 0.306 e. The Morgan fingerprint density at radius 2 is 2.08 bits per heavy atom. The predicted molar refractivity (Wildman–Crippen MR) is 50.8 cm³/mol. The van der Waals surface area contributed by atoms with E-state index >= 15 is 0 Å². The van der Waals surface area contributed by atoms with Crippen LogP contribution >= 0.6 is 0 Å². The van der Waals surface area contributed by atoms with Gasteiger partial charge in [0.2, 0.25) is 0 Å². The van der Waals surface area contributed by atoms with Crippen molar-refractivity contribution >= 4 is 0 Å². The van der Waals surface area contributed by atoms with Crippen LogP contribution < -0.4 is 5.32 Å². The fourth-order valence-corrected chi connectivity index (χ4v) is 0.867. The third-order valence-electron chi connectivity index (χ3n) is 1.59. The van der Waals surface area contributed by atoms with E-state index in [2.05, 4.69) is 31.1 Å². The first-order chi connectivity index (χ1) is 5.97. The SMILES string of the molecule is CC(C)(C)NCc1ccc(F)cn1. The number of aromatic nitrogens is 1. The maximum absolute atomic E-state index is 12.5. The monoisotopic (exact) mass is 182 g/mol. The van der Waals surface area contributed by atoms with Crippen LogP contribution in [0.5, 0.6) is 0 Å². The summed E-state index contributed by atoms with van der Waals surface area (Å²) in [5, 5.41) is 3.27. The van der Waals surface area contributed by atoms with Gasteiger partial charge < -0.3 is 5.32 Å². The summed E-state index contributed by atoms with van der Waals surface area (Å²) in [7, 11) is 0. The van der Waals surface area contributed by atoms with Crippen LogP contribution in [0.15, 0.2) is 18.3 Å². The van der Waals surface area contributed by atoms with Gasteiger partial charge in [0, 0.05) is 12.1 Å². The van der Waals surface area contributed by atoms with Gasteiger partial charge in [-0.15, -0.1) is 0 Å². The molecule has 0 saturated carbocycles. The predicted octanol–water partition coefficient (Wildman–Crippen LogP) is 2.11. The molecule has 3 heteroatoms. The summed E-state index contributed by atoms with van der Waals surface area (Å²) in [6.45, 7) is 6.91. The second-order valence-electron chi connectivity index (χ2n) is 4.07. The minimum atomic E-state index is -0.292. The Bertz CT molecular complexity index is 261. The fourth-order valence-electron chi connectivity index (χ4n) is 0.867. The van der Waals surface area contributed by atoms with Crippen LogP contribution in [0.25, 0.3) is 0 Å². The molecular weight excluding hydrogens is 167 g/mol. The lowest BCUT2D eigenvalue weighted by Crippen LogP contribution is -2.35. The number of halogens is 1. The molecule has 1 N–H and O–H groups in total. The van der Waals surface area contributed by atoms with E-state index in [1.807, 2.05) is 0 Å². The summed E-state index contributed by atoms with van der Waals surface area (Å²) in [5.74, 6) is -0.292. The molecule has 0 bridgehead atoms. The highest BCUT2D eigenvalue weighted by Crippen LogP contribution is 2.02. The van der Waals surface area contributed by atoms with Gasteiger partial charge in [-0.3, -0.25) is 4.98 Å². The van der Waals surface area contributed by atoms with Crippen molar-refractivity contribution < 1.29 is 4.39 Å². The lowest BCUT2D eigenvalue weighted by molar-refractivity contribution is 0.421. The standard InChI is InChI=1S/C10H15FN2/c1-10(2,3)13-7-9-5-4-8(11)6-12-9/h4-6,13H,7H2,1-3H3. The van der Waals surface area contributed by atoms with Crippen molar-refractivity contribution in [3.8, 4) is 0 Å². The minimum absolute atomic E-state index is 0.0655. The molecule has 1 aromatic rings. The molecule has 1 aromatic heterocycles. The topological polar surface area (TPSA) is 24.9 Å². The van der Waals surface area contributed by atoms with Gasteiger partial charge in [0.25, 0.3) is 0 Å². The normalized spacial score (nSPS) is 11.7. The van der Waals surface area contributed by atoms with E-state index in [0.717, 1.165) is 5.69 Å². The Morgan fingerprint density at radius 1 is 1.38 bits per heavy atom. The van der Waals surface area contributed by atoms with E-state index in [1.54, 1.807) is 6.07 Å². The van der Waals surface area contributed by atoms with E-state index in [0.29, 0.717) is 6.54 Å². The van der Waals surface area contributed by atoms with Gasteiger partial charge in [-0.1, -0.05) is 0 Å². The lowest BCUT2D eigenvalue weighted by Gasteiger charge is -2.19. The average Bonchev–Trinajstić information content (AvgIpc) is 2.02. The number of nitrogens with zero attached hydrogens (tertiary/aromatic N) is 1. The van der Waals surface area contributed by atoms with Gasteiger partial charge in [0.15, 0.2) is 0 Å². The summed E-state index contributed by atoms with van der Waals surface area (Å²) in [6.07, 6.45) is 1.24. The summed E-state index contributed by atoms with van der Waals surface area (Å²) in [4.78, 5) is 3.94. The highest BCUT2D eigenvalue weighted by atomic mass is 19.1. The molecule has 0 amide bonds. The van der Waals surface area contributed by atoms with Gasteiger partial charge in [-0.05, 0) is 32.9 Å². The first-order valence-electron chi connectivity index (χ1n) is 4.33. The smallest absolute Gasteiger partial charge is 0.141 e. The maximum Gasteiger partial charge on any atom is 0.141 e. The summed E-state index contributed by atoms with van der Waals surface area (Å²) in [5.41, 5.74) is 0.923. The van der Waals surface area contributed by atoms with E-state index in [9.17, 15) is 4.39 Å². The van der Waals surface area contributed by atoms with Crippen molar-refractivity contribution in [1.29, 1.82) is 0 Å². The molecule has 1 rings (SSSR count). The van der Waals surface area contributed by atoms with Crippen LogP contribution in [0.4, 0.5) is 4.39 Å². The Hall–Kier alpha value is -0.960. The average molecular weight is 182 g/mol.